The fraction of sp³-hybridized carbons (Fsp3) is 0.304. The predicted octanol–water partition coefficient (Wildman–Crippen LogP) is 5.16. The second-order valence-electron chi connectivity index (χ2n) is 6.86. The van der Waals surface area contributed by atoms with Crippen molar-refractivity contribution in [2.45, 2.75) is 33.4 Å². The van der Waals surface area contributed by atoms with Gasteiger partial charge in [-0.25, -0.2) is 4.98 Å². The van der Waals surface area contributed by atoms with Crippen molar-refractivity contribution in [1.29, 1.82) is 0 Å². The first-order valence-electron chi connectivity index (χ1n) is 9.85. The molecule has 4 nitrogen and oxygen atoms in total. The van der Waals surface area contributed by atoms with Crippen LogP contribution < -0.4 is 5.32 Å². The van der Waals surface area contributed by atoms with Crippen LogP contribution in [-0.4, -0.2) is 28.9 Å². The van der Waals surface area contributed by atoms with Gasteiger partial charge in [0, 0.05) is 24.0 Å². The van der Waals surface area contributed by atoms with E-state index in [2.05, 4.69) is 53.3 Å². The molecule has 0 aliphatic heterocycles. The molecule has 0 bridgehead atoms. The third kappa shape index (κ3) is 6.13. The molecule has 0 saturated carbocycles. The van der Waals surface area contributed by atoms with Gasteiger partial charge in [0.05, 0.1) is 17.1 Å². The Balaban J connectivity index is 1.51. The molecular formula is C23H26ClN3OS. The van der Waals surface area contributed by atoms with Gasteiger partial charge in [-0.3, -0.25) is 9.69 Å². The summed E-state index contributed by atoms with van der Waals surface area (Å²) in [5.74, 6) is -0.0340. The Hall–Kier alpha value is -2.21. The molecule has 1 amide bonds. The fourth-order valence-corrected chi connectivity index (χ4v) is 4.18. The number of hydrogen-bond donors (Lipinski definition) is 1. The third-order valence-electron chi connectivity index (χ3n) is 4.81. The number of aromatic nitrogens is 1. The van der Waals surface area contributed by atoms with Gasteiger partial charge in [-0.2, -0.15) is 0 Å². The summed E-state index contributed by atoms with van der Waals surface area (Å²) in [5, 5.41) is 6.40. The summed E-state index contributed by atoms with van der Waals surface area (Å²) in [6.45, 7) is 7.91. The van der Waals surface area contributed by atoms with Crippen LogP contribution >= 0.6 is 22.9 Å². The fourth-order valence-electron chi connectivity index (χ4n) is 3.04. The zero-order valence-electron chi connectivity index (χ0n) is 16.8. The average Bonchev–Trinajstić information content (AvgIpc) is 3.19. The maximum Gasteiger partial charge on any atom is 0.226 e. The van der Waals surface area contributed by atoms with E-state index in [9.17, 15) is 4.79 Å². The normalized spacial score (nSPS) is 11.0. The van der Waals surface area contributed by atoms with Gasteiger partial charge >= 0.3 is 0 Å². The molecular weight excluding hydrogens is 402 g/mol. The number of nitrogens with one attached hydrogen (secondary N) is 1. The van der Waals surface area contributed by atoms with E-state index < -0.39 is 0 Å². The quantitative estimate of drug-likeness (QED) is 0.512. The van der Waals surface area contributed by atoms with Crippen LogP contribution in [-0.2, 0) is 24.3 Å². The molecule has 0 aliphatic carbocycles. The highest BCUT2D eigenvalue weighted by molar-refractivity contribution is 7.13. The number of benzene rings is 2. The van der Waals surface area contributed by atoms with Gasteiger partial charge < -0.3 is 5.32 Å². The monoisotopic (exact) mass is 427 g/mol. The Morgan fingerprint density at radius 1 is 1.07 bits per heavy atom. The summed E-state index contributed by atoms with van der Waals surface area (Å²) < 4.78 is 0. The molecule has 0 fully saturated rings. The molecule has 1 heterocycles. The number of carbonyl (C=O) groups excluding carboxylic acids is 1. The SMILES string of the molecule is CCN(CC)Cc1ccc(CNC(=O)Cc2csc(-c3ccccc3Cl)n2)cc1. The molecule has 0 atom stereocenters. The summed E-state index contributed by atoms with van der Waals surface area (Å²) in [6, 6.07) is 16.0. The Morgan fingerprint density at radius 2 is 1.76 bits per heavy atom. The largest absolute Gasteiger partial charge is 0.352 e. The van der Waals surface area contributed by atoms with Crippen molar-refractivity contribution in [1.82, 2.24) is 15.2 Å². The molecule has 1 N–H and O–H groups in total. The zero-order valence-corrected chi connectivity index (χ0v) is 18.4. The zero-order chi connectivity index (χ0) is 20.6. The third-order valence-corrected chi connectivity index (χ3v) is 6.06. The number of thiazole rings is 1. The highest BCUT2D eigenvalue weighted by Gasteiger charge is 2.11. The van der Waals surface area contributed by atoms with Gasteiger partial charge in [0.2, 0.25) is 5.91 Å². The number of nitrogens with zero attached hydrogens (tertiary/aromatic N) is 2. The van der Waals surface area contributed by atoms with E-state index in [1.54, 1.807) is 0 Å². The van der Waals surface area contributed by atoms with Crippen molar-refractivity contribution < 1.29 is 4.79 Å². The minimum absolute atomic E-state index is 0.0340. The van der Waals surface area contributed by atoms with Crippen LogP contribution in [0.2, 0.25) is 5.02 Å². The second-order valence-corrected chi connectivity index (χ2v) is 8.12. The maximum atomic E-state index is 12.3. The van der Waals surface area contributed by atoms with E-state index in [0.29, 0.717) is 11.6 Å². The summed E-state index contributed by atoms with van der Waals surface area (Å²) >= 11 is 7.74. The smallest absolute Gasteiger partial charge is 0.226 e. The van der Waals surface area contributed by atoms with Gasteiger partial charge in [-0.05, 0) is 30.3 Å². The average molecular weight is 428 g/mol. The highest BCUT2D eigenvalue weighted by Crippen LogP contribution is 2.30. The molecule has 152 valence electrons. The Bertz CT molecular complexity index is 935. The maximum absolute atomic E-state index is 12.3. The summed E-state index contributed by atoms with van der Waals surface area (Å²) in [4.78, 5) is 19.2. The molecule has 0 unspecified atom stereocenters. The van der Waals surface area contributed by atoms with Crippen molar-refractivity contribution in [2.24, 2.45) is 0 Å². The van der Waals surface area contributed by atoms with Gasteiger partial charge in [0.15, 0.2) is 0 Å². The molecule has 0 radical (unpaired) electrons. The van der Waals surface area contributed by atoms with Crippen LogP contribution in [0.15, 0.2) is 53.9 Å². The molecule has 2 aromatic carbocycles. The van der Waals surface area contributed by atoms with Crippen molar-refractivity contribution in [3.8, 4) is 10.6 Å². The van der Waals surface area contributed by atoms with Crippen LogP contribution in [0.5, 0.6) is 0 Å². The van der Waals surface area contributed by atoms with Crippen molar-refractivity contribution in [3.05, 3.63) is 75.8 Å². The number of halogens is 1. The lowest BCUT2D eigenvalue weighted by Gasteiger charge is -2.18. The van der Waals surface area contributed by atoms with Crippen LogP contribution in [0.4, 0.5) is 0 Å². The number of carbonyl (C=O) groups is 1. The van der Waals surface area contributed by atoms with E-state index in [-0.39, 0.29) is 12.3 Å². The van der Waals surface area contributed by atoms with Crippen LogP contribution in [0.1, 0.15) is 30.7 Å². The Labute approximate surface area is 181 Å². The van der Waals surface area contributed by atoms with Crippen LogP contribution in [0.3, 0.4) is 0 Å². The molecule has 3 aromatic rings. The lowest BCUT2D eigenvalue weighted by molar-refractivity contribution is -0.120. The Kier molecular flexibility index (Phi) is 7.81. The summed E-state index contributed by atoms with van der Waals surface area (Å²) in [5.41, 5.74) is 4.04. The minimum atomic E-state index is -0.0340. The topological polar surface area (TPSA) is 45.2 Å². The lowest BCUT2D eigenvalue weighted by atomic mass is 10.1. The van der Waals surface area contributed by atoms with Gasteiger partial charge in [-0.1, -0.05) is 67.9 Å². The van der Waals surface area contributed by atoms with Crippen molar-refractivity contribution >= 4 is 28.8 Å². The van der Waals surface area contributed by atoms with E-state index in [4.69, 9.17) is 11.6 Å². The highest BCUT2D eigenvalue weighted by atomic mass is 35.5. The molecule has 6 heteroatoms. The predicted molar refractivity (Wildman–Crippen MR) is 121 cm³/mol. The van der Waals surface area contributed by atoms with Crippen LogP contribution in [0, 0.1) is 0 Å². The van der Waals surface area contributed by atoms with Crippen molar-refractivity contribution in [3.63, 3.8) is 0 Å². The number of hydrogen-bond acceptors (Lipinski definition) is 4. The van der Waals surface area contributed by atoms with E-state index in [1.165, 1.54) is 16.9 Å². The van der Waals surface area contributed by atoms with Crippen molar-refractivity contribution in [2.75, 3.05) is 13.1 Å². The lowest BCUT2D eigenvalue weighted by Crippen LogP contribution is -2.24. The standard InChI is InChI=1S/C23H26ClN3OS/c1-3-27(4-2)15-18-11-9-17(10-12-18)14-25-22(28)13-19-16-29-23(26-19)20-7-5-6-8-21(20)24/h5-12,16H,3-4,13-15H2,1-2H3,(H,25,28). The van der Waals surface area contributed by atoms with E-state index >= 15 is 0 Å². The first kappa shape index (κ1) is 21.5. The molecule has 1 aromatic heterocycles. The molecule has 0 aliphatic rings. The molecule has 0 spiro atoms. The number of rotatable bonds is 9. The van der Waals surface area contributed by atoms with Gasteiger partial charge in [0.1, 0.15) is 5.01 Å². The van der Waals surface area contributed by atoms with E-state index in [1.807, 2.05) is 29.6 Å². The molecule has 3 rings (SSSR count). The van der Waals surface area contributed by atoms with E-state index in [0.717, 1.165) is 41.5 Å². The molecule has 0 saturated heterocycles. The Morgan fingerprint density at radius 3 is 2.45 bits per heavy atom. The van der Waals surface area contributed by atoms with Gasteiger partial charge in [-0.15, -0.1) is 11.3 Å². The minimum Gasteiger partial charge on any atom is -0.352 e. The number of amides is 1. The summed E-state index contributed by atoms with van der Waals surface area (Å²) in [7, 11) is 0. The van der Waals surface area contributed by atoms with Gasteiger partial charge in [0.25, 0.3) is 0 Å². The molecule has 29 heavy (non-hydrogen) atoms. The first-order valence-corrected chi connectivity index (χ1v) is 11.1. The second kappa shape index (κ2) is 10.5. The first-order chi connectivity index (χ1) is 14.1. The van der Waals surface area contributed by atoms with Crippen LogP contribution in [0.25, 0.3) is 10.6 Å². The summed E-state index contributed by atoms with van der Waals surface area (Å²) in [6.07, 6.45) is 0.265.